The monoisotopic (exact) mass is 771 g/mol. The molecule has 0 aromatic carbocycles. The average Bonchev–Trinajstić information content (AvgIpc) is 3.36. The first-order chi connectivity index (χ1) is 34.4. The van der Waals surface area contributed by atoms with Crippen LogP contribution in [0.5, 0.6) is 0 Å². The van der Waals surface area contributed by atoms with Gasteiger partial charge >= 0.3 is 462 Å². The Morgan fingerprint density at radius 2 is 0.232 bits per heavy atom. The van der Waals surface area contributed by atoms with Gasteiger partial charge in [-0.2, -0.15) is 0 Å². The summed E-state index contributed by atoms with van der Waals surface area (Å²) >= 11 is 0. The minimum atomic E-state index is 1.62. The van der Waals surface area contributed by atoms with Crippen LogP contribution in [0.2, 0.25) is 0 Å². The molecular weight excluding hydrogens is 752 g/mol. The SMILES string of the molecule is BB=BB=BB=BB=BB=BB=BB=BB=BB=BB=BB=BB=BB=BB=BB=BB=BB=BB=BB=BB=BB=BB=BB=BB=BB=BB=BB=BB=BB=BB=BB=BB=BB=BOC. The van der Waals surface area contributed by atoms with Crippen LogP contribution in [0.25, 0.3) is 0 Å². The molecule has 0 saturated heterocycles. The van der Waals surface area contributed by atoms with Gasteiger partial charge in [0.1, 0.15) is 0 Å². The summed E-state index contributed by atoms with van der Waals surface area (Å²) in [6, 6.07) is 0. The molecule has 1 nitrogen and oxygen atoms in total. The van der Waals surface area contributed by atoms with Gasteiger partial charge in [0, 0.05) is 0 Å². The molecule has 0 bridgehead atoms. The van der Waals surface area contributed by atoms with E-state index in [9.17, 15) is 0 Å². The van der Waals surface area contributed by atoms with Crippen LogP contribution in [0.3, 0.4) is 0 Å². The third kappa shape index (κ3) is 72.2. The number of hydrogen-bond donors (Lipinski definition) is 0. The molecule has 0 saturated carbocycles. The van der Waals surface area contributed by atoms with Crippen LogP contribution in [0.15, 0.2) is 0 Å². The first-order valence-corrected chi connectivity index (χ1v) is 22.9. The number of hydrogen-bond acceptors (Lipinski definition) is 1. The minimum absolute atomic E-state index is 1.62. The summed E-state index contributed by atoms with van der Waals surface area (Å²) in [5.74, 6) is 0. The molecule has 0 unspecified atom stereocenters. The summed E-state index contributed by atoms with van der Waals surface area (Å²) in [7, 11) is 5.25. The fraction of sp³-hybridized carbons (Fsp3) is 1.00. The second kappa shape index (κ2) is 72.2. The van der Waals surface area contributed by atoms with E-state index in [0.717, 1.165) is 0 Å². The van der Waals surface area contributed by atoms with Gasteiger partial charge in [0.15, 0.2) is 0 Å². The third-order valence-electron chi connectivity index (χ3n) is 7.41. The van der Waals surface area contributed by atoms with Gasteiger partial charge in [0.25, 0.3) is 0 Å². The molecule has 0 spiro atoms. The normalized spacial score (nSPS) is 7.84. The topological polar surface area (TPSA) is 9.23 Å². The van der Waals surface area contributed by atoms with Crippen molar-refractivity contribution in [2.24, 2.45) is 0 Å². The second-order valence-corrected chi connectivity index (χ2v) is 13.0. The maximum absolute atomic E-state index is 4.82. The predicted octanol–water partition coefficient (Wildman–Crippen LogP) is -26.0. The fourth-order valence-electron chi connectivity index (χ4n) is 4.21. The Labute approximate surface area is 457 Å². The Hall–Kier alpha value is 4.15. The van der Waals surface area contributed by atoms with Crippen LogP contribution in [0, 0.1) is 0 Å². The van der Waals surface area contributed by atoms with Gasteiger partial charge in [-0.15, -0.1) is 0 Å². The molecule has 0 aliphatic rings. The van der Waals surface area contributed by atoms with E-state index in [0.29, 0.717) is 0 Å². The van der Waals surface area contributed by atoms with Gasteiger partial charge in [-0.1, -0.05) is 0 Å². The zero-order valence-corrected chi connectivity index (χ0v) is 40.5. The van der Waals surface area contributed by atoms with Crippen LogP contribution < -0.4 is 0 Å². The summed E-state index contributed by atoms with van der Waals surface area (Å²) in [6.45, 7) is 129. The zero-order chi connectivity index (χ0) is 49.4. The quantitative estimate of drug-likeness (QED) is 0.0606. The average molecular weight is 757 g/mol. The Balaban J connectivity index is 4.09. The molecule has 0 aromatic rings. The van der Waals surface area contributed by atoms with E-state index in [1.165, 1.54) is 0 Å². The van der Waals surface area contributed by atoms with Crippen molar-refractivity contribution in [3.8, 4) is 0 Å². The summed E-state index contributed by atoms with van der Waals surface area (Å²) in [6.07, 6.45) is 0. The molecule has 69 heavy (non-hydrogen) atoms. The molecule has 0 radical (unpaired) electrons. The first kappa shape index (κ1) is 73.2. The van der Waals surface area contributed by atoms with E-state index in [2.05, 4.69) is 0 Å². The maximum atomic E-state index is 4.82. The second-order valence-electron chi connectivity index (χ2n) is 13.0. The molecule has 0 N–H and O–H groups in total. The first-order valence-electron chi connectivity index (χ1n) is 22.9. The van der Waals surface area contributed by atoms with Crippen molar-refractivity contribution in [3.05, 3.63) is 0 Å². The van der Waals surface area contributed by atoms with E-state index >= 15 is 0 Å². The van der Waals surface area contributed by atoms with Crippen molar-refractivity contribution in [3.63, 3.8) is 0 Å². The molecule has 0 heterocycles. The van der Waals surface area contributed by atoms with E-state index in [1.807, 2.05) is 443 Å². The van der Waals surface area contributed by atoms with Crippen molar-refractivity contribution in [2.75, 3.05) is 7.11 Å². The fourth-order valence-corrected chi connectivity index (χ4v) is 4.21. The summed E-state index contributed by atoms with van der Waals surface area (Å²) in [4.78, 5) is 0. The van der Waals surface area contributed by atoms with E-state index in [1.54, 1.807) is 14.1 Å². The summed E-state index contributed by atoms with van der Waals surface area (Å²) < 4.78 is 4.82. The van der Waals surface area contributed by atoms with E-state index in [4.69, 9.17) is 4.65 Å². The van der Waals surface area contributed by atoms with E-state index in [-0.39, 0.29) is 0 Å². The van der Waals surface area contributed by atoms with Crippen LogP contribution in [0.1, 0.15) is 0 Å². The summed E-state index contributed by atoms with van der Waals surface area (Å²) in [5.41, 5.74) is 0. The van der Waals surface area contributed by atoms with Crippen molar-refractivity contribution in [1.29, 1.82) is 0 Å². The Morgan fingerprint density at radius 1 is 0.145 bits per heavy atom. The van der Waals surface area contributed by atoms with Gasteiger partial charge in [-0.3, -0.25) is 0 Å². The molecule has 0 atom stereocenters. The Bertz CT molecular complexity index is 2330. The molecule has 0 aliphatic carbocycles. The van der Waals surface area contributed by atoms with Gasteiger partial charge < -0.3 is 0 Å². The Morgan fingerprint density at radius 3 is 0.319 bits per heavy atom. The molecule has 0 aromatic heterocycles. The van der Waals surface area contributed by atoms with Crippen molar-refractivity contribution < 1.29 is 4.65 Å². The number of rotatable bonds is 33. The predicted molar refractivity (Wildman–Crippen MR) is 395 cm³/mol. The molecule has 68 heteroatoms. The van der Waals surface area contributed by atoms with Crippen LogP contribution >= 0.6 is 0 Å². The van der Waals surface area contributed by atoms with Crippen LogP contribution in [0.4, 0.5) is 0 Å². The molecule has 0 rings (SSSR count). The molecule has 216 valence electrons. The third-order valence-corrected chi connectivity index (χ3v) is 7.41. The molecular formula is CH5B67O. The van der Waals surface area contributed by atoms with Gasteiger partial charge in [0.2, 0.25) is 0 Å². The molecule has 0 amide bonds. The zero-order valence-electron chi connectivity index (χ0n) is 40.5. The van der Waals surface area contributed by atoms with Gasteiger partial charge in [-0.05, 0) is 0 Å². The summed E-state index contributed by atoms with van der Waals surface area (Å²) in [5, 5.41) is 0. The van der Waals surface area contributed by atoms with Crippen molar-refractivity contribution >= 4 is 450 Å². The molecule has 0 fully saturated rings. The van der Waals surface area contributed by atoms with Crippen molar-refractivity contribution in [1.82, 2.24) is 0 Å². The van der Waals surface area contributed by atoms with E-state index < -0.39 is 0 Å². The molecule has 0 aliphatic heterocycles. The Kier molecular flexibility index (Phi) is 76.5. The van der Waals surface area contributed by atoms with Gasteiger partial charge in [0.05, 0.1) is 0 Å². The standard InChI is InChI=1S/CH5B67O/c1-69-68-67-66-65-64-63-62-61-60-59-58-57-56-55-54-53-52-51-50-49-48-47-46-45-44-43-42-41-40-39-38-37-36-35-34-33-32-31-30-29-28-27-26-25-24-23-22-21-20-19-18-17-16-15-14-13-12-11-10-9-8-7-6-5-4-3-2/h2H2,1H3. The van der Waals surface area contributed by atoms with Crippen LogP contribution in [-0.2, 0) is 4.65 Å². The van der Waals surface area contributed by atoms with Crippen molar-refractivity contribution in [2.45, 2.75) is 0 Å². The van der Waals surface area contributed by atoms with Crippen LogP contribution in [-0.4, -0.2) is 457 Å². The van der Waals surface area contributed by atoms with Gasteiger partial charge in [-0.25, -0.2) is 0 Å².